The van der Waals surface area contributed by atoms with Gasteiger partial charge in [-0.1, -0.05) is 51.4 Å². The summed E-state index contributed by atoms with van der Waals surface area (Å²) in [6.45, 7) is 7.40. The lowest BCUT2D eigenvalue weighted by molar-refractivity contribution is -0.149. The SMILES string of the molecule is COC(=O)CCCCCCC(CCCCCCCCC(C)=O)C(=O)OCCCN(C)C(C)C. The van der Waals surface area contributed by atoms with E-state index in [9.17, 15) is 14.4 Å². The molecule has 33 heavy (non-hydrogen) atoms. The van der Waals surface area contributed by atoms with Gasteiger partial charge in [0.25, 0.3) is 0 Å². The molecule has 0 amide bonds. The molecule has 6 heteroatoms. The summed E-state index contributed by atoms with van der Waals surface area (Å²) in [6, 6.07) is 0.495. The predicted molar refractivity (Wildman–Crippen MR) is 134 cm³/mol. The average molecular weight is 470 g/mol. The number of hydrogen-bond acceptors (Lipinski definition) is 6. The molecule has 0 bridgehead atoms. The first-order valence-electron chi connectivity index (χ1n) is 13.2. The standard InChI is InChI=1S/C27H51NO5/c1-23(2)28(4)21-16-22-33-27(31)25(19-14-10-11-15-20-26(30)32-5)18-13-9-7-6-8-12-17-24(3)29/h23,25H,6-22H2,1-5H3. The first kappa shape index (κ1) is 31.6. The molecule has 0 aliphatic rings. The van der Waals surface area contributed by atoms with E-state index in [1.54, 1.807) is 6.92 Å². The van der Waals surface area contributed by atoms with E-state index in [2.05, 4.69) is 30.5 Å². The van der Waals surface area contributed by atoms with E-state index in [0.29, 0.717) is 25.5 Å². The molecule has 0 aromatic rings. The molecule has 0 radical (unpaired) electrons. The molecule has 0 spiro atoms. The van der Waals surface area contributed by atoms with Gasteiger partial charge in [-0.25, -0.2) is 0 Å². The van der Waals surface area contributed by atoms with Crippen LogP contribution in [-0.4, -0.2) is 56.0 Å². The summed E-state index contributed by atoms with van der Waals surface area (Å²) in [6.07, 6.45) is 14.2. The van der Waals surface area contributed by atoms with Crippen molar-refractivity contribution in [2.24, 2.45) is 5.92 Å². The summed E-state index contributed by atoms with van der Waals surface area (Å²) >= 11 is 0. The number of Topliss-reactive ketones (excluding diaryl/α,β-unsaturated/α-hetero) is 1. The first-order valence-corrected chi connectivity index (χ1v) is 13.2. The number of esters is 2. The lowest BCUT2D eigenvalue weighted by Crippen LogP contribution is -2.28. The average Bonchev–Trinajstić information content (AvgIpc) is 2.78. The van der Waals surface area contributed by atoms with Gasteiger partial charge < -0.3 is 19.2 Å². The maximum atomic E-state index is 12.7. The molecule has 0 N–H and O–H groups in total. The van der Waals surface area contributed by atoms with Crippen molar-refractivity contribution in [1.82, 2.24) is 4.90 Å². The third-order valence-corrected chi connectivity index (χ3v) is 6.36. The van der Waals surface area contributed by atoms with Crippen LogP contribution in [0.3, 0.4) is 0 Å². The van der Waals surface area contributed by atoms with Gasteiger partial charge in [-0.15, -0.1) is 0 Å². The molecule has 0 heterocycles. The highest BCUT2D eigenvalue weighted by Gasteiger charge is 2.19. The zero-order valence-electron chi connectivity index (χ0n) is 22.2. The predicted octanol–water partition coefficient (Wildman–Crippen LogP) is 6.10. The van der Waals surface area contributed by atoms with Gasteiger partial charge in [0, 0.05) is 25.4 Å². The molecular weight excluding hydrogens is 418 g/mol. The van der Waals surface area contributed by atoms with E-state index in [1.165, 1.54) is 7.11 Å². The molecule has 0 aliphatic carbocycles. The van der Waals surface area contributed by atoms with E-state index >= 15 is 0 Å². The highest BCUT2D eigenvalue weighted by Crippen LogP contribution is 2.21. The molecule has 194 valence electrons. The van der Waals surface area contributed by atoms with Gasteiger partial charge in [0.1, 0.15) is 5.78 Å². The van der Waals surface area contributed by atoms with Gasteiger partial charge in [-0.2, -0.15) is 0 Å². The zero-order chi connectivity index (χ0) is 24.9. The van der Waals surface area contributed by atoms with Gasteiger partial charge in [-0.05, 0) is 59.9 Å². The minimum Gasteiger partial charge on any atom is -0.469 e. The minimum absolute atomic E-state index is 0.0221. The topological polar surface area (TPSA) is 72.9 Å². The van der Waals surface area contributed by atoms with E-state index in [4.69, 9.17) is 4.74 Å². The summed E-state index contributed by atoms with van der Waals surface area (Å²) in [5, 5.41) is 0. The summed E-state index contributed by atoms with van der Waals surface area (Å²) in [4.78, 5) is 37.2. The quantitative estimate of drug-likeness (QED) is 0.141. The number of carbonyl (C=O) groups excluding carboxylic acids is 3. The van der Waals surface area contributed by atoms with Crippen LogP contribution in [0.25, 0.3) is 0 Å². The van der Waals surface area contributed by atoms with Gasteiger partial charge in [0.05, 0.1) is 19.6 Å². The van der Waals surface area contributed by atoms with Gasteiger partial charge in [-0.3, -0.25) is 9.59 Å². The molecule has 0 aliphatic heterocycles. The van der Waals surface area contributed by atoms with E-state index in [1.807, 2.05) is 0 Å². The van der Waals surface area contributed by atoms with Gasteiger partial charge in [0.15, 0.2) is 0 Å². The van der Waals surface area contributed by atoms with Crippen molar-refractivity contribution < 1.29 is 23.9 Å². The maximum Gasteiger partial charge on any atom is 0.308 e. The summed E-state index contributed by atoms with van der Waals surface area (Å²) < 4.78 is 10.3. The second kappa shape index (κ2) is 21.1. The van der Waals surface area contributed by atoms with Crippen molar-refractivity contribution in [3.05, 3.63) is 0 Å². The Morgan fingerprint density at radius 2 is 1.27 bits per heavy atom. The third kappa shape index (κ3) is 19.7. The Bertz CT molecular complexity index is 521. The molecule has 0 saturated heterocycles. The van der Waals surface area contributed by atoms with Crippen LogP contribution in [0.1, 0.15) is 117 Å². The maximum absolute atomic E-state index is 12.7. The van der Waals surface area contributed by atoms with Crippen molar-refractivity contribution >= 4 is 17.7 Å². The minimum atomic E-state index is -0.152. The van der Waals surface area contributed by atoms with Crippen LogP contribution in [-0.2, 0) is 23.9 Å². The second-order valence-electron chi connectivity index (χ2n) is 9.68. The molecular formula is C27H51NO5. The van der Waals surface area contributed by atoms with Crippen LogP contribution in [0, 0.1) is 5.92 Å². The van der Waals surface area contributed by atoms with E-state index < -0.39 is 0 Å². The van der Waals surface area contributed by atoms with Crippen LogP contribution >= 0.6 is 0 Å². The molecule has 6 nitrogen and oxygen atoms in total. The Morgan fingerprint density at radius 3 is 1.79 bits per heavy atom. The van der Waals surface area contributed by atoms with Crippen LogP contribution in [0.2, 0.25) is 0 Å². The van der Waals surface area contributed by atoms with E-state index in [-0.39, 0.29) is 23.6 Å². The Morgan fingerprint density at radius 1 is 0.758 bits per heavy atom. The highest BCUT2D eigenvalue weighted by molar-refractivity contribution is 5.75. The molecule has 0 rings (SSSR count). The Kier molecular flexibility index (Phi) is 20.2. The van der Waals surface area contributed by atoms with Crippen molar-refractivity contribution in [3.63, 3.8) is 0 Å². The Balaban J connectivity index is 4.23. The highest BCUT2D eigenvalue weighted by atomic mass is 16.5. The number of carbonyl (C=O) groups is 3. The van der Waals surface area contributed by atoms with E-state index in [0.717, 1.165) is 90.0 Å². The number of unbranched alkanes of at least 4 members (excludes halogenated alkanes) is 8. The normalized spacial score (nSPS) is 12.2. The molecule has 1 atom stereocenters. The fourth-order valence-corrected chi connectivity index (χ4v) is 3.83. The van der Waals surface area contributed by atoms with Crippen molar-refractivity contribution in [2.75, 3.05) is 27.3 Å². The van der Waals surface area contributed by atoms with Gasteiger partial charge >= 0.3 is 11.9 Å². The second-order valence-corrected chi connectivity index (χ2v) is 9.68. The molecule has 0 fully saturated rings. The lowest BCUT2D eigenvalue weighted by Gasteiger charge is -2.21. The summed E-state index contributed by atoms with van der Waals surface area (Å²) in [5.41, 5.74) is 0. The number of ketones is 1. The smallest absolute Gasteiger partial charge is 0.308 e. The fraction of sp³-hybridized carbons (Fsp3) is 0.889. The van der Waals surface area contributed by atoms with Crippen LogP contribution in [0.5, 0.6) is 0 Å². The molecule has 0 aromatic heterocycles. The lowest BCUT2D eigenvalue weighted by atomic mass is 9.94. The van der Waals surface area contributed by atoms with Crippen LogP contribution < -0.4 is 0 Å². The fourth-order valence-electron chi connectivity index (χ4n) is 3.83. The largest absolute Gasteiger partial charge is 0.469 e. The molecule has 0 aromatic carbocycles. The number of methoxy groups -OCH3 is 1. The third-order valence-electron chi connectivity index (χ3n) is 6.36. The first-order chi connectivity index (χ1) is 15.8. The Hall–Kier alpha value is -1.43. The number of ether oxygens (including phenoxy) is 2. The number of rotatable bonds is 22. The zero-order valence-corrected chi connectivity index (χ0v) is 22.2. The number of nitrogens with zero attached hydrogens (tertiary/aromatic N) is 1. The molecule has 0 saturated carbocycles. The van der Waals surface area contributed by atoms with Crippen molar-refractivity contribution in [3.8, 4) is 0 Å². The monoisotopic (exact) mass is 469 g/mol. The summed E-state index contributed by atoms with van der Waals surface area (Å²) in [7, 11) is 3.52. The van der Waals surface area contributed by atoms with Gasteiger partial charge in [0.2, 0.25) is 0 Å². The summed E-state index contributed by atoms with van der Waals surface area (Å²) in [5.74, 6) is 0.0581. The van der Waals surface area contributed by atoms with Crippen molar-refractivity contribution in [2.45, 2.75) is 123 Å². The van der Waals surface area contributed by atoms with Crippen molar-refractivity contribution in [1.29, 1.82) is 0 Å². The van der Waals surface area contributed by atoms with Crippen LogP contribution in [0.4, 0.5) is 0 Å². The number of hydrogen-bond donors (Lipinski definition) is 0. The Labute approximate surface area is 203 Å². The van der Waals surface area contributed by atoms with Crippen LogP contribution in [0.15, 0.2) is 0 Å². The molecule has 1 unspecified atom stereocenters.